The molecule has 0 aliphatic heterocycles. The van der Waals surface area contributed by atoms with Crippen LogP contribution < -0.4 is 5.32 Å². The molecule has 0 saturated heterocycles. The van der Waals surface area contributed by atoms with Gasteiger partial charge in [-0.05, 0) is 49.9 Å². The normalized spacial score (nSPS) is 25.3. The van der Waals surface area contributed by atoms with Gasteiger partial charge in [0, 0.05) is 29.2 Å². The third kappa shape index (κ3) is 3.18. The second kappa shape index (κ2) is 6.25. The molecule has 2 rings (SSSR count). The van der Waals surface area contributed by atoms with Crippen LogP contribution in [0.3, 0.4) is 0 Å². The summed E-state index contributed by atoms with van der Waals surface area (Å²) in [5.74, 6) is 0. The van der Waals surface area contributed by atoms with Crippen molar-refractivity contribution in [3.63, 3.8) is 0 Å². The molecule has 1 aliphatic rings. The summed E-state index contributed by atoms with van der Waals surface area (Å²) >= 11 is 12.2. The van der Waals surface area contributed by atoms with Crippen molar-refractivity contribution in [3.05, 3.63) is 33.8 Å². The summed E-state index contributed by atoms with van der Waals surface area (Å²) in [6.07, 6.45) is 3.81. The summed E-state index contributed by atoms with van der Waals surface area (Å²) in [7, 11) is 1.78. The summed E-state index contributed by atoms with van der Waals surface area (Å²) in [6, 6.07) is 6.17. The number of halogens is 2. The lowest BCUT2D eigenvalue weighted by atomic mass is 10.1. The first-order valence-electron chi connectivity index (χ1n) is 6.35. The van der Waals surface area contributed by atoms with Gasteiger partial charge in [-0.25, -0.2) is 0 Å². The molecule has 1 aliphatic carbocycles. The van der Waals surface area contributed by atoms with Crippen molar-refractivity contribution in [3.8, 4) is 0 Å². The maximum Gasteiger partial charge on any atom is 0.0724 e. The summed E-state index contributed by atoms with van der Waals surface area (Å²) in [4.78, 5) is 0. The Kier molecular flexibility index (Phi) is 4.91. The van der Waals surface area contributed by atoms with Crippen LogP contribution in [-0.2, 0) is 4.74 Å². The molecule has 1 saturated carbocycles. The third-order valence-electron chi connectivity index (χ3n) is 3.64. The van der Waals surface area contributed by atoms with Crippen LogP contribution in [0, 0.1) is 0 Å². The molecule has 0 heterocycles. The summed E-state index contributed by atoms with van der Waals surface area (Å²) in [5, 5.41) is 5.07. The van der Waals surface area contributed by atoms with E-state index in [2.05, 4.69) is 12.2 Å². The average Bonchev–Trinajstić information content (AvgIpc) is 2.79. The molecule has 0 spiro atoms. The van der Waals surface area contributed by atoms with Gasteiger partial charge in [0.2, 0.25) is 0 Å². The van der Waals surface area contributed by atoms with Crippen LogP contribution in [0.1, 0.15) is 37.8 Å². The van der Waals surface area contributed by atoms with Gasteiger partial charge in [-0.15, -0.1) is 0 Å². The van der Waals surface area contributed by atoms with Crippen LogP contribution in [-0.4, -0.2) is 19.3 Å². The van der Waals surface area contributed by atoms with Gasteiger partial charge in [0.1, 0.15) is 0 Å². The monoisotopic (exact) mass is 287 g/mol. The SMILES string of the molecule is COC1CCCC1NC(C)c1cc(Cl)ccc1Cl. The highest BCUT2D eigenvalue weighted by Crippen LogP contribution is 2.29. The van der Waals surface area contributed by atoms with Crippen molar-refractivity contribution < 1.29 is 4.74 Å². The fourth-order valence-electron chi connectivity index (χ4n) is 2.66. The molecule has 100 valence electrons. The second-order valence-electron chi connectivity index (χ2n) is 4.87. The van der Waals surface area contributed by atoms with Crippen LogP contribution in [0.25, 0.3) is 0 Å². The minimum absolute atomic E-state index is 0.178. The fraction of sp³-hybridized carbons (Fsp3) is 0.571. The Bertz CT molecular complexity index is 411. The molecule has 1 N–H and O–H groups in total. The molecule has 2 nitrogen and oxygen atoms in total. The Balaban J connectivity index is 2.07. The molecule has 1 aromatic carbocycles. The molecular formula is C14H19Cl2NO. The zero-order chi connectivity index (χ0) is 13.1. The molecule has 4 heteroatoms. The first kappa shape index (κ1) is 14.1. The van der Waals surface area contributed by atoms with Crippen LogP contribution in [0.4, 0.5) is 0 Å². The Morgan fingerprint density at radius 3 is 2.83 bits per heavy atom. The largest absolute Gasteiger partial charge is 0.380 e. The molecule has 18 heavy (non-hydrogen) atoms. The molecule has 0 aromatic heterocycles. The maximum absolute atomic E-state index is 6.22. The molecule has 0 radical (unpaired) electrons. The van der Waals surface area contributed by atoms with E-state index in [1.165, 1.54) is 6.42 Å². The number of methoxy groups -OCH3 is 1. The third-order valence-corrected chi connectivity index (χ3v) is 4.22. The van der Waals surface area contributed by atoms with E-state index in [4.69, 9.17) is 27.9 Å². The van der Waals surface area contributed by atoms with Crippen molar-refractivity contribution >= 4 is 23.2 Å². The lowest BCUT2D eigenvalue weighted by Crippen LogP contribution is -2.38. The Hall–Kier alpha value is -0.280. The van der Waals surface area contributed by atoms with E-state index in [9.17, 15) is 0 Å². The minimum Gasteiger partial charge on any atom is -0.380 e. The van der Waals surface area contributed by atoms with Gasteiger partial charge in [-0.1, -0.05) is 23.2 Å². The standard InChI is InChI=1S/C14H19Cl2NO/c1-9(11-8-10(15)6-7-12(11)16)17-13-4-3-5-14(13)18-2/h6-9,13-14,17H,3-5H2,1-2H3. The van der Waals surface area contributed by atoms with Gasteiger partial charge in [0.25, 0.3) is 0 Å². The lowest BCUT2D eigenvalue weighted by Gasteiger charge is -2.25. The number of ether oxygens (including phenoxy) is 1. The first-order chi connectivity index (χ1) is 8.61. The highest BCUT2D eigenvalue weighted by Gasteiger charge is 2.28. The lowest BCUT2D eigenvalue weighted by molar-refractivity contribution is 0.0820. The highest BCUT2D eigenvalue weighted by molar-refractivity contribution is 6.33. The molecule has 0 bridgehead atoms. The van der Waals surface area contributed by atoms with Gasteiger partial charge in [-0.3, -0.25) is 0 Å². The minimum atomic E-state index is 0.178. The average molecular weight is 288 g/mol. The highest BCUT2D eigenvalue weighted by atomic mass is 35.5. The zero-order valence-electron chi connectivity index (χ0n) is 10.7. The van der Waals surface area contributed by atoms with Gasteiger partial charge >= 0.3 is 0 Å². The second-order valence-corrected chi connectivity index (χ2v) is 5.71. The van der Waals surface area contributed by atoms with Crippen molar-refractivity contribution in [2.45, 2.75) is 44.4 Å². The van der Waals surface area contributed by atoms with Crippen molar-refractivity contribution in [1.82, 2.24) is 5.32 Å². The topological polar surface area (TPSA) is 21.3 Å². The van der Waals surface area contributed by atoms with E-state index in [0.29, 0.717) is 12.1 Å². The zero-order valence-corrected chi connectivity index (χ0v) is 12.3. The number of nitrogens with one attached hydrogen (secondary N) is 1. The predicted molar refractivity (Wildman–Crippen MR) is 76.4 cm³/mol. The van der Waals surface area contributed by atoms with Gasteiger partial charge in [0.15, 0.2) is 0 Å². The van der Waals surface area contributed by atoms with Crippen molar-refractivity contribution in [2.75, 3.05) is 7.11 Å². The van der Waals surface area contributed by atoms with E-state index in [1.807, 2.05) is 18.2 Å². The fourth-order valence-corrected chi connectivity index (χ4v) is 3.12. The van der Waals surface area contributed by atoms with Crippen molar-refractivity contribution in [1.29, 1.82) is 0 Å². The van der Waals surface area contributed by atoms with Crippen LogP contribution in [0.15, 0.2) is 18.2 Å². The van der Waals surface area contributed by atoms with Crippen molar-refractivity contribution in [2.24, 2.45) is 0 Å². The predicted octanol–water partition coefficient (Wildman–Crippen LogP) is 4.21. The van der Waals surface area contributed by atoms with Gasteiger partial charge < -0.3 is 10.1 Å². The van der Waals surface area contributed by atoms with Crippen LogP contribution >= 0.6 is 23.2 Å². The van der Waals surface area contributed by atoms with Crippen LogP contribution in [0.2, 0.25) is 10.0 Å². The molecule has 3 atom stereocenters. The van der Waals surface area contributed by atoms with Gasteiger partial charge in [-0.2, -0.15) is 0 Å². The smallest absolute Gasteiger partial charge is 0.0724 e. The Morgan fingerprint density at radius 2 is 2.11 bits per heavy atom. The molecule has 0 amide bonds. The van der Waals surface area contributed by atoms with E-state index in [0.717, 1.165) is 28.5 Å². The summed E-state index contributed by atoms with van der Waals surface area (Å²) < 4.78 is 5.49. The maximum atomic E-state index is 6.22. The van der Waals surface area contributed by atoms with Gasteiger partial charge in [0.05, 0.1) is 6.10 Å². The molecule has 3 unspecified atom stereocenters. The first-order valence-corrected chi connectivity index (χ1v) is 7.11. The quantitative estimate of drug-likeness (QED) is 0.896. The number of benzene rings is 1. The number of hydrogen-bond acceptors (Lipinski definition) is 2. The van der Waals surface area contributed by atoms with E-state index >= 15 is 0 Å². The molecular weight excluding hydrogens is 269 g/mol. The van der Waals surface area contributed by atoms with E-state index in [-0.39, 0.29) is 6.04 Å². The van der Waals surface area contributed by atoms with E-state index in [1.54, 1.807) is 7.11 Å². The molecule has 1 aromatic rings. The summed E-state index contributed by atoms with van der Waals surface area (Å²) in [5.41, 5.74) is 1.05. The number of rotatable bonds is 4. The summed E-state index contributed by atoms with van der Waals surface area (Å²) in [6.45, 7) is 2.11. The Labute approximate surface area is 119 Å². The number of hydrogen-bond donors (Lipinski definition) is 1. The Morgan fingerprint density at radius 1 is 1.33 bits per heavy atom. The van der Waals surface area contributed by atoms with Crippen LogP contribution in [0.5, 0.6) is 0 Å². The van der Waals surface area contributed by atoms with E-state index < -0.39 is 0 Å². The molecule has 1 fully saturated rings.